The Morgan fingerprint density at radius 1 is 1.00 bits per heavy atom. The van der Waals surface area contributed by atoms with Crippen molar-refractivity contribution in [2.24, 2.45) is 5.73 Å². The molecule has 0 radical (unpaired) electrons. The highest BCUT2D eigenvalue weighted by atomic mass is 32.2. The van der Waals surface area contributed by atoms with Gasteiger partial charge in [-0.15, -0.1) is 11.8 Å². The summed E-state index contributed by atoms with van der Waals surface area (Å²) in [6.07, 6.45) is 2.51. The highest BCUT2D eigenvalue weighted by Gasteiger charge is 2.23. The number of fused-ring (bicyclic) bond motifs is 2. The van der Waals surface area contributed by atoms with Gasteiger partial charge in [-0.05, 0) is 41.3 Å². The van der Waals surface area contributed by atoms with Gasteiger partial charge < -0.3 is 21.3 Å². The highest BCUT2D eigenvalue weighted by Crippen LogP contribution is 2.34. The Morgan fingerprint density at radius 3 is 2.62 bits per heavy atom. The smallest absolute Gasteiger partial charge is 0.242 e. The van der Waals surface area contributed by atoms with Crippen molar-refractivity contribution in [2.75, 3.05) is 30.3 Å². The van der Waals surface area contributed by atoms with E-state index in [4.69, 9.17) is 5.73 Å². The van der Waals surface area contributed by atoms with Gasteiger partial charge in [0.2, 0.25) is 17.7 Å². The highest BCUT2D eigenvalue weighted by molar-refractivity contribution is 7.99. The maximum atomic E-state index is 12.8. The predicted octanol–water partition coefficient (Wildman–Crippen LogP) is 3.64. The first-order valence-electron chi connectivity index (χ1n) is 12.8. The second kappa shape index (κ2) is 13.3. The van der Waals surface area contributed by atoms with E-state index < -0.39 is 6.04 Å². The summed E-state index contributed by atoms with van der Waals surface area (Å²) in [4.78, 5) is 41.2. The number of anilines is 1. The van der Waals surface area contributed by atoms with Crippen LogP contribution in [0.5, 0.6) is 0 Å². The molecule has 0 saturated carbocycles. The molecular formula is C29H34N4O3S. The van der Waals surface area contributed by atoms with Crippen LogP contribution in [0.3, 0.4) is 0 Å². The molecule has 0 fully saturated rings. The van der Waals surface area contributed by atoms with E-state index in [1.165, 1.54) is 0 Å². The van der Waals surface area contributed by atoms with Crippen LogP contribution in [0.25, 0.3) is 10.8 Å². The largest absolute Gasteiger partial charge is 0.353 e. The maximum absolute atomic E-state index is 12.8. The Morgan fingerprint density at radius 2 is 1.78 bits per heavy atom. The number of unbranched alkanes of at least 4 members (excludes halogenated alkanes) is 1. The van der Waals surface area contributed by atoms with Gasteiger partial charge in [-0.1, -0.05) is 54.6 Å². The van der Waals surface area contributed by atoms with E-state index in [1.807, 2.05) is 65.6 Å². The van der Waals surface area contributed by atoms with Gasteiger partial charge >= 0.3 is 0 Å². The summed E-state index contributed by atoms with van der Waals surface area (Å²) in [5.41, 5.74) is 7.48. The van der Waals surface area contributed by atoms with Gasteiger partial charge in [-0.25, -0.2) is 0 Å². The maximum Gasteiger partial charge on any atom is 0.242 e. The molecule has 1 aliphatic rings. The minimum absolute atomic E-state index is 0.119. The number of para-hydroxylation sites is 1. The van der Waals surface area contributed by atoms with Gasteiger partial charge in [-0.2, -0.15) is 0 Å². The summed E-state index contributed by atoms with van der Waals surface area (Å²) < 4.78 is 0. The number of nitrogens with one attached hydrogen (secondary N) is 2. The number of carbonyl (C=O) groups is 3. The van der Waals surface area contributed by atoms with E-state index in [0.29, 0.717) is 45.3 Å². The fourth-order valence-corrected chi connectivity index (χ4v) is 5.51. The van der Waals surface area contributed by atoms with Crippen LogP contribution in [-0.2, 0) is 20.8 Å². The van der Waals surface area contributed by atoms with Crippen molar-refractivity contribution in [3.63, 3.8) is 0 Å². The molecule has 1 unspecified atom stereocenters. The van der Waals surface area contributed by atoms with Gasteiger partial charge in [0, 0.05) is 49.5 Å². The summed E-state index contributed by atoms with van der Waals surface area (Å²) >= 11 is 1.70. The Kier molecular flexibility index (Phi) is 9.57. The number of benzene rings is 3. The van der Waals surface area contributed by atoms with Gasteiger partial charge in [0.1, 0.15) is 6.04 Å². The van der Waals surface area contributed by atoms with Crippen LogP contribution >= 0.6 is 11.8 Å². The van der Waals surface area contributed by atoms with Crippen molar-refractivity contribution >= 4 is 45.9 Å². The van der Waals surface area contributed by atoms with Crippen molar-refractivity contribution < 1.29 is 14.4 Å². The van der Waals surface area contributed by atoms with Crippen molar-refractivity contribution in [3.05, 3.63) is 72.3 Å². The molecule has 1 heterocycles. The number of hydrogen-bond acceptors (Lipinski definition) is 5. The molecule has 0 spiro atoms. The van der Waals surface area contributed by atoms with Crippen LogP contribution in [0.1, 0.15) is 31.2 Å². The number of carbonyl (C=O) groups excluding carboxylic acids is 3. The number of amides is 3. The zero-order valence-corrected chi connectivity index (χ0v) is 21.8. The molecule has 4 rings (SSSR count). The molecule has 8 heteroatoms. The zero-order valence-electron chi connectivity index (χ0n) is 20.9. The summed E-state index contributed by atoms with van der Waals surface area (Å²) in [7, 11) is 0. The Hall–Kier alpha value is -3.36. The first-order valence-corrected chi connectivity index (χ1v) is 13.8. The van der Waals surface area contributed by atoms with Crippen LogP contribution < -0.4 is 21.3 Å². The molecule has 1 aliphatic heterocycles. The summed E-state index contributed by atoms with van der Waals surface area (Å²) in [5, 5.41) is 7.94. The van der Waals surface area contributed by atoms with Crippen LogP contribution in [0.15, 0.2) is 71.6 Å². The molecule has 0 aliphatic carbocycles. The molecule has 37 heavy (non-hydrogen) atoms. The molecule has 194 valence electrons. The molecule has 3 aromatic rings. The number of nitrogens with two attached hydrogens (primary N) is 1. The first kappa shape index (κ1) is 26.7. The lowest BCUT2D eigenvalue weighted by molar-refractivity contribution is -0.129. The number of hydrogen-bond donors (Lipinski definition) is 3. The summed E-state index contributed by atoms with van der Waals surface area (Å²) in [5.74, 6) is 0.483. The van der Waals surface area contributed by atoms with Crippen molar-refractivity contribution in [2.45, 2.75) is 43.0 Å². The van der Waals surface area contributed by atoms with Gasteiger partial charge in [-0.3, -0.25) is 14.4 Å². The second-order valence-corrected chi connectivity index (χ2v) is 10.3. The average Bonchev–Trinajstić information content (AvgIpc) is 3.07. The minimum atomic E-state index is -0.684. The lowest BCUT2D eigenvalue weighted by Gasteiger charge is -2.23. The number of thioether (sulfide) groups is 1. The molecule has 0 saturated heterocycles. The Balaban J connectivity index is 1.33. The zero-order chi connectivity index (χ0) is 26.0. The standard InChI is InChI=1S/C29H34N4O3S/c30-15-16-31-29(36)24(20-21-12-13-22-7-1-2-8-23(22)19-21)32-27(34)11-5-6-17-33-25-9-3-4-10-26(25)37-18-14-28(33)35/h1-4,7-10,12-13,19,24H,5-6,11,14-18,20,30H2,(H,31,36)(H,32,34). The number of nitrogens with zero attached hydrogens (tertiary/aromatic N) is 1. The molecule has 3 aromatic carbocycles. The van der Waals surface area contributed by atoms with E-state index in [1.54, 1.807) is 11.8 Å². The normalized spacial score (nSPS) is 14.1. The van der Waals surface area contributed by atoms with Crippen molar-refractivity contribution in [3.8, 4) is 0 Å². The van der Waals surface area contributed by atoms with E-state index in [0.717, 1.165) is 32.7 Å². The Labute approximate surface area is 222 Å². The lowest BCUT2D eigenvalue weighted by Crippen LogP contribution is -2.48. The quantitative estimate of drug-likeness (QED) is 0.336. The van der Waals surface area contributed by atoms with Gasteiger partial charge in [0.25, 0.3) is 0 Å². The Bertz CT molecular complexity index is 1250. The average molecular weight is 519 g/mol. The fraction of sp³-hybridized carbons (Fsp3) is 0.345. The predicted molar refractivity (Wildman–Crippen MR) is 150 cm³/mol. The molecule has 4 N–H and O–H groups in total. The molecule has 0 aromatic heterocycles. The molecular weight excluding hydrogens is 484 g/mol. The SMILES string of the molecule is NCCNC(=O)C(Cc1ccc2ccccc2c1)NC(=O)CCCCN1C(=O)CCSc2ccccc21. The molecule has 3 amide bonds. The molecule has 7 nitrogen and oxygen atoms in total. The van der Waals surface area contributed by atoms with Crippen molar-refractivity contribution in [1.82, 2.24) is 10.6 Å². The second-order valence-electron chi connectivity index (χ2n) is 9.15. The first-order chi connectivity index (χ1) is 18.0. The lowest BCUT2D eigenvalue weighted by atomic mass is 10.0. The monoisotopic (exact) mass is 518 g/mol. The van der Waals surface area contributed by atoms with E-state index in [2.05, 4.69) is 16.7 Å². The summed E-state index contributed by atoms with van der Waals surface area (Å²) in [6, 6.07) is 21.4. The molecule has 0 bridgehead atoms. The van der Waals surface area contributed by atoms with Gasteiger partial charge in [0.15, 0.2) is 0 Å². The van der Waals surface area contributed by atoms with Crippen LogP contribution in [0.2, 0.25) is 0 Å². The van der Waals surface area contributed by atoms with Gasteiger partial charge in [0.05, 0.1) is 5.69 Å². The third kappa shape index (κ3) is 7.33. The third-order valence-electron chi connectivity index (χ3n) is 6.42. The van der Waals surface area contributed by atoms with E-state index in [-0.39, 0.29) is 24.1 Å². The van der Waals surface area contributed by atoms with Crippen LogP contribution in [0, 0.1) is 0 Å². The number of rotatable bonds is 11. The van der Waals surface area contributed by atoms with E-state index in [9.17, 15) is 14.4 Å². The topological polar surface area (TPSA) is 105 Å². The third-order valence-corrected chi connectivity index (χ3v) is 7.48. The minimum Gasteiger partial charge on any atom is -0.353 e. The van der Waals surface area contributed by atoms with E-state index >= 15 is 0 Å². The molecule has 1 atom stereocenters. The summed E-state index contributed by atoms with van der Waals surface area (Å²) in [6.45, 7) is 1.26. The van der Waals surface area contributed by atoms with Crippen LogP contribution in [0.4, 0.5) is 5.69 Å². The fourth-order valence-electron chi connectivity index (χ4n) is 4.52. The van der Waals surface area contributed by atoms with Crippen LogP contribution in [-0.4, -0.2) is 49.2 Å². The van der Waals surface area contributed by atoms with Crippen molar-refractivity contribution in [1.29, 1.82) is 0 Å².